The summed E-state index contributed by atoms with van der Waals surface area (Å²) in [4.78, 5) is 0. The number of hydrogen-bond acceptors (Lipinski definition) is 3. The van der Waals surface area contributed by atoms with Crippen LogP contribution in [0.5, 0.6) is 5.75 Å². The van der Waals surface area contributed by atoms with Crippen molar-refractivity contribution in [3.8, 4) is 5.75 Å². The van der Waals surface area contributed by atoms with Crippen LogP contribution in [0.2, 0.25) is 15.1 Å². The molecule has 0 radical (unpaired) electrons. The van der Waals surface area contributed by atoms with Crippen LogP contribution in [0.15, 0.2) is 42.5 Å². The van der Waals surface area contributed by atoms with E-state index in [1.54, 1.807) is 30.3 Å². The average molecular weight is 347 g/mol. The molecule has 0 aliphatic heterocycles. The third-order valence-electron chi connectivity index (χ3n) is 2.71. The summed E-state index contributed by atoms with van der Waals surface area (Å²) in [5, 5.41) is 14.4. The van der Waals surface area contributed by atoms with Gasteiger partial charge < -0.3 is 15.2 Å². The van der Waals surface area contributed by atoms with Gasteiger partial charge in [-0.1, -0.05) is 46.9 Å². The third-order valence-corrected chi connectivity index (χ3v) is 3.54. The van der Waals surface area contributed by atoms with Crippen LogP contribution in [0.3, 0.4) is 0 Å². The summed E-state index contributed by atoms with van der Waals surface area (Å²) in [6.45, 7) is 0.402. The SMILES string of the molecule is OC(CNc1cccc(Cl)c1)COc1c(Cl)cccc1Cl. The van der Waals surface area contributed by atoms with Gasteiger partial charge in [0.15, 0.2) is 5.75 Å². The lowest BCUT2D eigenvalue weighted by atomic mass is 10.3. The van der Waals surface area contributed by atoms with Crippen LogP contribution in [0, 0.1) is 0 Å². The Kier molecular flexibility index (Phi) is 6.00. The van der Waals surface area contributed by atoms with E-state index in [0.29, 0.717) is 27.4 Å². The predicted molar refractivity (Wildman–Crippen MR) is 87.9 cm³/mol. The maximum absolute atomic E-state index is 9.92. The molecule has 0 aromatic heterocycles. The Morgan fingerprint density at radius 1 is 1.05 bits per heavy atom. The van der Waals surface area contributed by atoms with Gasteiger partial charge in [0.1, 0.15) is 12.7 Å². The van der Waals surface area contributed by atoms with Gasteiger partial charge in [-0.2, -0.15) is 0 Å². The van der Waals surface area contributed by atoms with Gasteiger partial charge >= 0.3 is 0 Å². The molecule has 1 atom stereocenters. The van der Waals surface area contributed by atoms with Gasteiger partial charge in [-0.15, -0.1) is 0 Å². The Morgan fingerprint density at radius 2 is 1.71 bits per heavy atom. The summed E-state index contributed by atoms with van der Waals surface area (Å²) in [5.41, 5.74) is 0.831. The van der Waals surface area contributed by atoms with E-state index < -0.39 is 6.10 Å². The van der Waals surface area contributed by atoms with Gasteiger partial charge in [0.25, 0.3) is 0 Å². The molecule has 2 aromatic carbocycles. The highest BCUT2D eigenvalue weighted by Gasteiger charge is 2.10. The Balaban J connectivity index is 1.84. The molecule has 0 saturated heterocycles. The first kappa shape index (κ1) is 16.2. The Labute approximate surface area is 138 Å². The van der Waals surface area contributed by atoms with E-state index in [1.165, 1.54) is 0 Å². The molecule has 0 aliphatic carbocycles. The minimum absolute atomic E-state index is 0.0804. The summed E-state index contributed by atoms with van der Waals surface area (Å²) >= 11 is 17.8. The molecule has 3 nitrogen and oxygen atoms in total. The number of ether oxygens (including phenoxy) is 1. The van der Waals surface area contributed by atoms with E-state index in [9.17, 15) is 5.11 Å². The summed E-state index contributed by atoms with van der Waals surface area (Å²) in [7, 11) is 0. The van der Waals surface area contributed by atoms with Gasteiger partial charge in [0.2, 0.25) is 0 Å². The fraction of sp³-hybridized carbons (Fsp3) is 0.200. The molecule has 0 heterocycles. The van der Waals surface area contributed by atoms with Crippen molar-refractivity contribution in [3.05, 3.63) is 57.5 Å². The normalized spacial score (nSPS) is 12.0. The van der Waals surface area contributed by atoms with E-state index in [4.69, 9.17) is 39.5 Å². The van der Waals surface area contributed by atoms with Crippen LogP contribution >= 0.6 is 34.8 Å². The molecule has 6 heteroatoms. The van der Waals surface area contributed by atoms with E-state index in [2.05, 4.69) is 5.32 Å². The lowest BCUT2D eigenvalue weighted by molar-refractivity contribution is 0.117. The quantitative estimate of drug-likeness (QED) is 0.809. The Hall–Kier alpha value is -1.13. The lowest BCUT2D eigenvalue weighted by Gasteiger charge is -2.15. The van der Waals surface area contributed by atoms with Gasteiger partial charge in [-0.3, -0.25) is 0 Å². The number of hydrogen-bond donors (Lipinski definition) is 2. The Morgan fingerprint density at radius 3 is 2.38 bits per heavy atom. The molecule has 2 N–H and O–H groups in total. The first-order valence-corrected chi connectivity index (χ1v) is 7.44. The summed E-state index contributed by atoms with van der Waals surface area (Å²) in [6, 6.07) is 12.3. The largest absolute Gasteiger partial charge is 0.488 e. The van der Waals surface area contributed by atoms with Gasteiger partial charge in [0.05, 0.1) is 10.0 Å². The smallest absolute Gasteiger partial charge is 0.156 e. The van der Waals surface area contributed by atoms with Crippen LogP contribution in [-0.4, -0.2) is 24.4 Å². The second-order valence-electron chi connectivity index (χ2n) is 4.41. The van der Waals surface area contributed by atoms with Crippen molar-refractivity contribution in [2.75, 3.05) is 18.5 Å². The standard InChI is InChI=1S/C15H14Cl3NO2/c16-10-3-1-4-11(7-10)19-8-12(20)9-21-15-13(17)5-2-6-14(15)18/h1-7,12,19-20H,8-9H2. The Bertz CT molecular complexity index is 587. The van der Waals surface area contributed by atoms with E-state index in [1.807, 2.05) is 12.1 Å². The van der Waals surface area contributed by atoms with Crippen LogP contribution in [0.25, 0.3) is 0 Å². The molecule has 0 aliphatic rings. The number of halogens is 3. The zero-order chi connectivity index (χ0) is 15.2. The van der Waals surface area contributed by atoms with Crippen molar-refractivity contribution >= 4 is 40.5 Å². The number of anilines is 1. The van der Waals surface area contributed by atoms with Gasteiger partial charge in [-0.25, -0.2) is 0 Å². The molecular weight excluding hydrogens is 333 g/mol. The zero-order valence-electron chi connectivity index (χ0n) is 11.0. The number of benzene rings is 2. The van der Waals surface area contributed by atoms with Gasteiger partial charge in [0, 0.05) is 17.3 Å². The van der Waals surface area contributed by atoms with Crippen molar-refractivity contribution < 1.29 is 9.84 Å². The third kappa shape index (κ3) is 4.97. The average Bonchev–Trinajstić information content (AvgIpc) is 2.45. The molecule has 0 spiro atoms. The molecular formula is C15H14Cl3NO2. The maximum atomic E-state index is 9.92. The minimum Gasteiger partial charge on any atom is -0.488 e. The topological polar surface area (TPSA) is 41.5 Å². The first-order chi connectivity index (χ1) is 10.1. The summed E-state index contributed by atoms with van der Waals surface area (Å²) < 4.78 is 5.46. The van der Waals surface area contributed by atoms with Crippen molar-refractivity contribution in [3.63, 3.8) is 0 Å². The van der Waals surface area contributed by atoms with E-state index in [-0.39, 0.29) is 6.61 Å². The predicted octanol–water partition coefficient (Wildman–Crippen LogP) is 4.50. The highest BCUT2D eigenvalue weighted by Crippen LogP contribution is 2.32. The van der Waals surface area contributed by atoms with E-state index in [0.717, 1.165) is 5.69 Å². The monoisotopic (exact) mass is 345 g/mol. The van der Waals surface area contributed by atoms with E-state index >= 15 is 0 Å². The second kappa shape index (κ2) is 7.76. The zero-order valence-corrected chi connectivity index (χ0v) is 13.3. The number of aliphatic hydroxyl groups is 1. The summed E-state index contributed by atoms with van der Waals surface area (Å²) in [6.07, 6.45) is -0.712. The first-order valence-electron chi connectivity index (χ1n) is 6.30. The van der Waals surface area contributed by atoms with Crippen LogP contribution < -0.4 is 10.1 Å². The number of aliphatic hydroxyl groups excluding tert-OH is 1. The molecule has 21 heavy (non-hydrogen) atoms. The molecule has 0 saturated carbocycles. The maximum Gasteiger partial charge on any atom is 0.156 e. The summed E-state index contributed by atoms with van der Waals surface area (Å²) in [5.74, 6) is 0.377. The number of para-hydroxylation sites is 1. The van der Waals surface area contributed by atoms with Crippen molar-refractivity contribution in [2.24, 2.45) is 0 Å². The molecule has 2 aromatic rings. The van der Waals surface area contributed by atoms with Crippen molar-refractivity contribution in [2.45, 2.75) is 6.10 Å². The number of nitrogens with one attached hydrogen (secondary N) is 1. The molecule has 0 amide bonds. The molecule has 112 valence electrons. The van der Waals surface area contributed by atoms with Crippen molar-refractivity contribution in [1.82, 2.24) is 0 Å². The minimum atomic E-state index is -0.712. The molecule has 2 rings (SSSR count). The highest BCUT2D eigenvalue weighted by molar-refractivity contribution is 6.37. The second-order valence-corrected chi connectivity index (χ2v) is 5.66. The fourth-order valence-electron chi connectivity index (χ4n) is 1.69. The van der Waals surface area contributed by atoms with Gasteiger partial charge in [-0.05, 0) is 30.3 Å². The molecule has 0 bridgehead atoms. The lowest BCUT2D eigenvalue weighted by Crippen LogP contribution is -2.26. The van der Waals surface area contributed by atoms with Crippen LogP contribution in [-0.2, 0) is 0 Å². The molecule has 0 fully saturated rings. The van der Waals surface area contributed by atoms with Crippen LogP contribution in [0.1, 0.15) is 0 Å². The van der Waals surface area contributed by atoms with Crippen molar-refractivity contribution in [1.29, 1.82) is 0 Å². The number of rotatable bonds is 6. The molecule has 1 unspecified atom stereocenters. The highest BCUT2D eigenvalue weighted by atomic mass is 35.5. The van der Waals surface area contributed by atoms with Crippen LogP contribution in [0.4, 0.5) is 5.69 Å². The fourth-order valence-corrected chi connectivity index (χ4v) is 2.39.